The molecule has 0 aromatic rings. The van der Waals surface area contributed by atoms with Gasteiger partial charge in [0, 0.05) is 0 Å². The molecule has 0 rings (SSSR count). The molecule has 0 heterocycles. The van der Waals surface area contributed by atoms with Crippen molar-refractivity contribution < 1.29 is 4.79 Å². The van der Waals surface area contributed by atoms with E-state index in [1.807, 2.05) is 6.08 Å². The van der Waals surface area contributed by atoms with Crippen molar-refractivity contribution >= 4 is 6.29 Å². The lowest BCUT2D eigenvalue weighted by molar-refractivity contribution is -0.104. The lowest BCUT2D eigenvalue weighted by Gasteiger charge is -1.88. The molecule has 0 saturated heterocycles. The van der Waals surface area contributed by atoms with Crippen LogP contribution in [0.25, 0.3) is 0 Å². The normalized spacial score (nSPS) is 11.4. The van der Waals surface area contributed by atoms with Gasteiger partial charge >= 0.3 is 0 Å². The van der Waals surface area contributed by atoms with Gasteiger partial charge in [-0.05, 0) is 25.3 Å². The highest BCUT2D eigenvalue weighted by atomic mass is 16.1. The summed E-state index contributed by atoms with van der Waals surface area (Å²) in [4.78, 5) is 9.87. The highest BCUT2D eigenvalue weighted by Crippen LogP contribution is 1.98. The van der Waals surface area contributed by atoms with Gasteiger partial charge in [-0.1, -0.05) is 38.0 Å². The first kappa shape index (κ1) is 11.2. The molecule has 0 amide bonds. The van der Waals surface area contributed by atoms with E-state index < -0.39 is 0 Å². The largest absolute Gasteiger partial charge is 0.299 e. The zero-order valence-corrected chi connectivity index (χ0v) is 7.83. The lowest BCUT2D eigenvalue weighted by Crippen LogP contribution is -1.69. The first-order valence-corrected chi connectivity index (χ1v) is 4.67. The summed E-state index contributed by atoms with van der Waals surface area (Å²) in [6.45, 7) is 2.20. The standard InChI is InChI=1S/C11H18O/c1-2-3-4-5-6-7-8-9-10-11-12/h5-6,9-11H,2-4,7-8H2,1H3. The minimum Gasteiger partial charge on any atom is -0.299 e. The Kier molecular flexibility index (Phi) is 9.43. The maximum Gasteiger partial charge on any atom is 0.142 e. The average molecular weight is 166 g/mol. The zero-order chi connectivity index (χ0) is 9.07. The summed E-state index contributed by atoms with van der Waals surface area (Å²) in [5, 5.41) is 0. The van der Waals surface area contributed by atoms with Crippen LogP contribution in [0.5, 0.6) is 0 Å². The van der Waals surface area contributed by atoms with E-state index in [-0.39, 0.29) is 0 Å². The first-order valence-electron chi connectivity index (χ1n) is 4.67. The second-order valence-electron chi connectivity index (χ2n) is 2.76. The van der Waals surface area contributed by atoms with Gasteiger partial charge in [0.25, 0.3) is 0 Å². The Morgan fingerprint density at radius 1 is 1.00 bits per heavy atom. The fourth-order valence-corrected chi connectivity index (χ4v) is 0.902. The summed E-state index contributed by atoms with van der Waals surface area (Å²) >= 11 is 0. The summed E-state index contributed by atoms with van der Waals surface area (Å²) in [5.74, 6) is 0. The van der Waals surface area contributed by atoms with Crippen molar-refractivity contribution in [2.45, 2.75) is 39.0 Å². The van der Waals surface area contributed by atoms with Crippen LogP contribution < -0.4 is 0 Å². The van der Waals surface area contributed by atoms with Crippen LogP contribution >= 0.6 is 0 Å². The highest BCUT2D eigenvalue weighted by molar-refractivity contribution is 5.64. The van der Waals surface area contributed by atoms with Crippen molar-refractivity contribution in [3.05, 3.63) is 24.3 Å². The van der Waals surface area contributed by atoms with Crippen LogP contribution in [0.2, 0.25) is 0 Å². The van der Waals surface area contributed by atoms with Gasteiger partial charge in [0.15, 0.2) is 0 Å². The number of carbonyl (C=O) groups is 1. The lowest BCUT2D eigenvalue weighted by atomic mass is 10.2. The van der Waals surface area contributed by atoms with Crippen LogP contribution in [-0.2, 0) is 4.79 Å². The van der Waals surface area contributed by atoms with E-state index in [1.165, 1.54) is 19.3 Å². The first-order chi connectivity index (χ1) is 5.91. The summed E-state index contributed by atoms with van der Waals surface area (Å²) in [6, 6.07) is 0. The van der Waals surface area contributed by atoms with E-state index in [0.29, 0.717) is 0 Å². The molecular weight excluding hydrogens is 148 g/mol. The molecule has 0 aromatic carbocycles. The Morgan fingerprint density at radius 3 is 2.33 bits per heavy atom. The summed E-state index contributed by atoms with van der Waals surface area (Å²) in [5.41, 5.74) is 0. The zero-order valence-electron chi connectivity index (χ0n) is 7.83. The third kappa shape index (κ3) is 9.15. The smallest absolute Gasteiger partial charge is 0.142 e. The van der Waals surface area contributed by atoms with E-state index in [0.717, 1.165) is 19.1 Å². The number of hydrogen-bond acceptors (Lipinski definition) is 1. The minimum absolute atomic E-state index is 0.820. The van der Waals surface area contributed by atoms with E-state index in [1.54, 1.807) is 6.08 Å². The molecule has 12 heavy (non-hydrogen) atoms. The second kappa shape index (κ2) is 10.2. The SMILES string of the molecule is CCCCC=CCCC=CC=O. The third-order valence-corrected chi connectivity index (χ3v) is 1.61. The molecular formula is C11H18O. The fourth-order valence-electron chi connectivity index (χ4n) is 0.902. The third-order valence-electron chi connectivity index (χ3n) is 1.61. The molecule has 0 aliphatic carbocycles. The molecule has 1 heteroatoms. The molecule has 0 fully saturated rings. The second-order valence-corrected chi connectivity index (χ2v) is 2.76. The average Bonchev–Trinajstić information content (AvgIpc) is 2.10. The number of unbranched alkanes of at least 4 members (excludes halogenated alkanes) is 3. The fraction of sp³-hybridized carbons (Fsp3) is 0.545. The summed E-state index contributed by atoms with van der Waals surface area (Å²) < 4.78 is 0. The van der Waals surface area contributed by atoms with E-state index in [4.69, 9.17) is 0 Å². The van der Waals surface area contributed by atoms with Crippen LogP contribution in [0.4, 0.5) is 0 Å². The number of allylic oxidation sites excluding steroid dienone is 4. The van der Waals surface area contributed by atoms with Gasteiger partial charge in [-0.25, -0.2) is 0 Å². The van der Waals surface area contributed by atoms with Crippen LogP contribution in [0.3, 0.4) is 0 Å². The minimum atomic E-state index is 0.820. The van der Waals surface area contributed by atoms with Crippen molar-refractivity contribution in [3.8, 4) is 0 Å². The molecule has 0 unspecified atom stereocenters. The van der Waals surface area contributed by atoms with Gasteiger partial charge in [0.1, 0.15) is 6.29 Å². The molecule has 0 spiro atoms. The number of carbonyl (C=O) groups excluding carboxylic acids is 1. The molecule has 0 saturated carbocycles. The molecule has 0 aliphatic heterocycles. The van der Waals surface area contributed by atoms with Gasteiger partial charge in [0.2, 0.25) is 0 Å². The number of rotatable bonds is 7. The Morgan fingerprint density at radius 2 is 1.67 bits per heavy atom. The summed E-state index contributed by atoms with van der Waals surface area (Å²) in [7, 11) is 0. The maximum atomic E-state index is 9.87. The van der Waals surface area contributed by atoms with E-state index in [2.05, 4.69) is 19.1 Å². The van der Waals surface area contributed by atoms with Crippen molar-refractivity contribution in [2.24, 2.45) is 0 Å². The van der Waals surface area contributed by atoms with Gasteiger partial charge < -0.3 is 0 Å². The predicted octanol–water partition coefficient (Wildman–Crippen LogP) is 3.27. The summed E-state index contributed by atoms with van der Waals surface area (Å²) in [6.07, 6.45) is 14.4. The molecule has 0 bridgehead atoms. The van der Waals surface area contributed by atoms with Gasteiger partial charge in [-0.3, -0.25) is 4.79 Å². The van der Waals surface area contributed by atoms with Gasteiger partial charge in [-0.2, -0.15) is 0 Å². The molecule has 0 N–H and O–H groups in total. The van der Waals surface area contributed by atoms with Crippen LogP contribution in [0.15, 0.2) is 24.3 Å². The molecule has 68 valence electrons. The predicted molar refractivity (Wildman–Crippen MR) is 53.1 cm³/mol. The maximum absolute atomic E-state index is 9.87. The van der Waals surface area contributed by atoms with Crippen LogP contribution in [0, 0.1) is 0 Å². The van der Waals surface area contributed by atoms with Gasteiger partial charge in [-0.15, -0.1) is 0 Å². The number of hydrogen-bond donors (Lipinski definition) is 0. The Hall–Kier alpha value is -0.850. The highest BCUT2D eigenvalue weighted by Gasteiger charge is 1.78. The molecule has 1 nitrogen and oxygen atoms in total. The molecule has 0 aromatic heterocycles. The molecule has 0 aliphatic rings. The Balaban J connectivity index is 3.12. The Bertz CT molecular complexity index is 145. The van der Waals surface area contributed by atoms with Crippen LogP contribution in [0.1, 0.15) is 39.0 Å². The van der Waals surface area contributed by atoms with E-state index in [9.17, 15) is 4.79 Å². The molecule has 0 radical (unpaired) electrons. The topological polar surface area (TPSA) is 17.1 Å². The van der Waals surface area contributed by atoms with E-state index >= 15 is 0 Å². The quantitative estimate of drug-likeness (QED) is 0.245. The van der Waals surface area contributed by atoms with Crippen molar-refractivity contribution in [3.63, 3.8) is 0 Å². The number of aldehydes is 1. The molecule has 0 atom stereocenters. The van der Waals surface area contributed by atoms with Crippen molar-refractivity contribution in [1.82, 2.24) is 0 Å². The van der Waals surface area contributed by atoms with Gasteiger partial charge in [0.05, 0.1) is 0 Å². The van der Waals surface area contributed by atoms with Crippen LogP contribution in [-0.4, -0.2) is 6.29 Å². The van der Waals surface area contributed by atoms with Crippen molar-refractivity contribution in [2.75, 3.05) is 0 Å². The Labute approximate surface area is 75.2 Å². The van der Waals surface area contributed by atoms with Crippen molar-refractivity contribution in [1.29, 1.82) is 0 Å². The monoisotopic (exact) mass is 166 g/mol.